The largest absolute Gasteiger partial charge is 0.461 e. The van der Waals surface area contributed by atoms with Crippen LogP contribution < -0.4 is 14.5 Å². The molecule has 0 N–H and O–H groups in total. The molecule has 0 radical (unpaired) electrons. The number of fused-ring (bicyclic) bond motifs is 2. The van der Waals surface area contributed by atoms with E-state index >= 15 is 0 Å². The van der Waals surface area contributed by atoms with E-state index < -0.39 is 0 Å². The third kappa shape index (κ3) is 5.64. The molecule has 2 aliphatic heterocycles. The summed E-state index contributed by atoms with van der Waals surface area (Å²) in [5, 5.41) is 2.50. The average Bonchev–Trinajstić information content (AvgIpc) is 2.99. The van der Waals surface area contributed by atoms with Gasteiger partial charge < -0.3 is 29.0 Å². The molecule has 1 saturated carbocycles. The molecule has 42 heavy (non-hydrogen) atoms. The van der Waals surface area contributed by atoms with E-state index in [0.29, 0.717) is 51.5 Å². The van der Waals surface area contributed by atoms with Gasteiger partial charge in [0.15, 0.2) is 0 Å². The summed E-state index contributed by atoms with van der Waals surface area (Å²) in [6, 6.07) is 13.0. The van der Waals surface area contributed by atoms with Gasteiger partial charge >= 0.3 is 6.01 Å². The Balaban J connectivity index is 1.30. The first-order chi connectivity index (χ1) is 20.6. The number of ether oxygens (including phenoxy) is 2. The fourth-order valence-corrected chi connectivity index (χ4v) is 6.29. The Kier molecular flexibility index (Phi) is 8.24. The molecule has 0 bridgehead atoms. The standard InChI is InChI=1S/C33H38N6O3/c1-4-30(40)39-17-16-38(21-25(39)20-34-3)32-27-14-15-37(29-13-6-10-24-9-5-8-23(2)31(24)29)22-28(27)35-33(36-32)42-19-18-41-26-11-7-12-26/h4-6,8-10,13,25-26H,1,7,11-12,14-22H2,2H3/t25-/m0/s1. The molecule has 9 heteroatoms. The molecule has 2 aromatic carbocycles. The van der Waals surface area contributed by atoms with Crippen molar-refractivity contribution in [3.8, 4) is 6.01 Å². The summed E-state index contributed by atoms with van der Waals surface area (Å²) in [6.07, 6.45) is 5.94. The van der Waals surface area contributed by atoms with Crippen LogP contribution in [-0.2, 0) is 22.5 Å². The molecule has 2 fully saturated rings. The van der Waals surface area contributed by atoms with Crippen molar-refractivity contribution in [1.82, 2.24) is 14.9 Å². The molecule has 3 aromatic rings. The van der Waals surface area contributed by atoms with Crippen molar-refractivity contribution >= 4 is 28.2 Å². The van der Waals surface area contributed by atoms with Crippen LogP contribution in [0.4, 0.5) is 11.5 Å². The van der Waals surface area contributed by atoms with Crippen molar-refractivity contribution in [3.63, 3.8) is 0 Å². The Bertz CT molecular complexity index is 1510. The van der Waals surface area contributed by atoms with Gasteiger partial charge in [0.25, 0.3) is 0 Å². The normalized spacial score (nSPS) is 18.8. The van der Waals surface area contributed by atoms with Crippen molar-refractivity contribution in [2.24, 2.45) is 0 Å². The smallest absolute Gasteiger partial charge is 0.318 e. The second-order valence-corrected chi connectivity index (χ2v) is 11.3. The number of benzene rings is 2. The number of carbonyl (C=O) groups excluding carboxylic acids is 1. The molecule has 3 aliphatic rings. The second kappa shape index (κ2) is 12.4. The van der Waals surface area contributed by atoms with Crippen LogP contribution in [-0.4, -0.2) is 78.9 Å². The van der Waals surface area contributed by atoms with Crippen LogP contribution in [0.3, 0.4) is 0 Å². The van der Waals surface area contributed by atoms with E-state index in [0.717, 1.165) is 42.9 Å². The molecule has 9 nitrogen and oxygen atoms in total. The summed E-state index contributed by atoms with van der Waals surface area (Å²) in [5.74, 6) is 0.717. The Morgan fingerprint density at radius 3 is 2.71 bits per heavy atom. The zero-order valence-corrected chi connectivity index (χ0v) is 24.3. The van der Waals surface area contributed by atoms with Gasteiger partial charge in [-0.1, -0.05) is 36.9 Å². The predicted molar refractivity (Wildman–Crippen MR) is 164 cm³/mol. The zero-order chi connectivity index (χ0) is 29.1. The molecular formula is C33H38N6O3. The fourth-order valence-electron chi connectivity index (χ4n) is 6.29. The van der Waals surface area contributed by atoms with Gasteiger partial charge in [0.2, 0.25) is 12.5 Å². The van der Waals surface area contributed by atoms with E-state index in [2.05, 4.69) is 64.5 Å². The summed E-state index contributed by atoms with van der Waals surface area (Å²) in [7, 11) is 0. The molecule has 1 saturated heterocycles. The number of amides is 1. The van der Waals surface area contributed by atoms with Crippen molar-refractivity contribution in [2.75, 3.05) is 55.7 Å². The Hall–Kier alpha value is -4.16. The van der Waals surface area contributed by atoms with E-state index in [1.807, 2.05) is 0 Å². The minimum Gasteiger partial charge on any atom is -0.461 e. The van der Waals surface area contributed by atoms with E-state index in [9.17, 15) is 4.79 Å². The van der Waals surface area contributed by atoms with Gasteiger partial charge in [-0.15, -0.1) is 0 Å². The van der Waals surface area contributed by atoms with Gasteiger partial charge in [-0.25, -0.2) is 6.57 Å². The van der Waals surface area contributed by atoms with E-state index in [-0.39, 0.29) is 18.5 Å². The molecule has 6 rings (SSSR count). The fraction of sp³-hybridized carbons (Fsp3) is 0.455. The zero-order valence-electron chi connectivity index (χ0n) is 24.3. The van der Waals surface area contributed by atoms with Gasteiger partial charge in [0.1, 0.15) is 18.5 Å². The highest BCUT2D eigenvalue weighted by atomic mass is 16.5. The first-order valence-electron chi connectivity index (χ1n) is 14.9. The van der Waals surface area contributed by atoms with Crippen LogP contribution in [0.5, 0.6) is 6.01 Å². The maximum absolute atomic E-state index is 12.5. The molecule has 1 aliphatic carbocycles. The molecular weight excluding hydrogens is 528 g/mol. The Morgan fingerprint density at radius 1 is 1.12 bits per heavy atom. The number of aromatic nitrogens is 2. The van der Waals surface area contributed by atoms with Gasteiger partial charge in [0, 0.05) is 42.8 Å². The van der Waals surface area contributed by atoms with Crippen molar-refractivity contribution in [2.45, 2.75) is 51.3 Å². The topological polar surface area (TPSA) is 75.4 Å². The van der Waals surface area contributed by atoms with Crippen LogP contribution >= 0.6 is 0 Å². The van der Waals surface area contributed by atoms with Crippen LogP contribution in [0.15, 0.2) is 49.1 Å². The molecule has 1 aromatic heterocycles. The second-order valence-electron chi connectivity index (χ2n) is 11.3. The molecule has 218 valence electrons. The summed E-state index contributed by atoms with van der Waals surface area (Å²) in [5.41, 5.74) is 4.54. The molecule has 1 atom stereocenters. The lowest BCUT2D eigenvalue weighted by Gasteiger charge is -2.41. The van der Waals surface area contributed by atoms with Gasteiger partial charge in [0.05, 0.1) is 24.9 Å². The number of nitrogens with zero attached hydrogens (tertiary/aromatic N) is 6. The quantitative estimate of drug-likeness (QED) is 0.213. The molecule has 0 unspecified atom stereocenters. The van der Waals surface area contributed by atoms with Crippen LogP contribution in [0, 0.1) is 13.5 Å². The minimum absolute atomic E-state index is 0.135. The van der Waals surface area contributed by atoms with Crippen LogP contribution in [0.1, 0.15) is 36.1 Å². The van der Waals surface area contributed by atoms with Crippen molar-refractivity contribution < 1.29 is 14.3 Å². The SMILES string of the molecule is [C-]#[N+]C[C@H]1CN(c2nc(OCCOC3CCC3)nc3c2CCN(c2cccc4cccc(C)c24)C3)CCN1C(=O)C=C. The number of carbonyl (C=O) groups is 1. The molecule has 3 heterocycles. The summed E-state index contributed by atoms with van der Waals surface area (Å²) in [6.45, 7) is 17.6. The summed E-state index contributed by atoms with van der Waals surface area (Å²) < 4.78 is 12.0. The number of aryl methyl sites for hydroxylation is 1. The summed E-state index contributed by atoms with van der Waals surface area (Å²) in [4.78, 5) is 32.4. The van der Waals surface area contributed by atoms with Gasteiger partial charge in [-0.2, -0.15) is 9.97 Å². The third-order valence-electron chi connectivity index (χ3n) is 8.72. The predicted octanol–water partition coefficient (Wildman–Crippen LogP) is 4.57. The number of rotatable bonds is 9. The lowest BCUT2D eigenvalue weighted by Crippen LogP contribution is -2.56. The Morgan fingerprint density at radius 2 is 1.95 bits per heavy atom. The van der Waals surface area contributed by atoms with Gasteiger partial charge in [-0.05, 0) is 55.7 Å². The first-order valence-corrected chi connectivity index (χ1v) is 14.9. The first kappa shape index (κ1) is 28.0. The van der Waals surface area contributed by atoms with Crippen LogP contribution in [0.25, 0.3) is 15.6 Å². The Labute approximate surface area is 247 Å². The number of piperazine rings is 1. The number of hydrogen-bond acceptors (Lipinski definition) is 7. The highest BCUT2D eigenvalue weighted by molar-refractivity contribution is 5.97. The van der Waals surface area contributed by atoms with Gasteiger partial charge in [-0.3, -0.25) is 4.79 Å². The lowest BCUT2D eigenvalue weighted by molar-refractivity contribution is -0.128. The van der Waals surface area contributed by atoms with Crippen molar-refractivity contribution in [1.29, 1.82) is 0 Å². The monoisotopic (exact) mass is 566 g/mol. The minimum atomic E-state index is -0.230. The van der Waals surface area contributed by atoms with Crippen LogP contribution in [0.2, 0.25) is 0 Å². The average molecular weight is 567 g/mol. The highest BCUT2D eigenvalue weighted by Crippen LogP contribution is 2.36. The van der Waals surface area contributed by atoms with E-state index in [4.69, 9.17) is 26.0 Å². The molecule has 1 amide bonds. The highest BCUT2D eigenvalue weighted by Gasteiger charge is 2.35. The summed E-state index contributed by atoms with van der Waals surface area (Å²) >= 11 is 0. The van der Waals surface area contributed by atoms with E-state index in [1.165, 1.54) is 34.5 Å². The maximum Gasteiger partial charge on any atom is 0.318 e. The number of hydrogen-bond donors (Lipinski definition) is 0. The maximum atomic E-state index is 12.5. The number of anilines is 2. The molecule has 0 spiro atoms. The van der Waals surface area contributed by atoms with E-state index in [1.54, 1.807) is 4.90 Å². The van der Waals surface area contributed by atoms with Crippen molar-refractivity contribution in [3.05, 3.63) is 77.3 Å². The third-order valence-corrected chi connectivity index (χ3v) is 8.72. The lowest BCUT2D eigenvalue weighted by atomic mass is 9.96.